The van der Waals surface area contributed by atoms with E-state index in [1.165, 1.54) is 0 Å². The van der Waals surface area contributed by atoms with Crippen LogP contribution in [0.2, 0.25) is 5.02 Å². The molecule has 158 valence electrons. The van der Waals surface area contributed by atoms with Gasteiger partial charge in [0.05, 0.1) is 0 Å². The van der Waals surface area contributed by atoms with Crippen molar-refractivity contribution < 1.29 is 14.4 Å². The normalized spacial score (nSPS) is 15.7. The Morgan fingerprint density at radius 2 is 1.70 bits per heavy atom. The number of benzene rings is 2. The quantitative estimate of drug-likeness (QED) is 0.652. The minimum Gasteiger partial charge on any atom is -0.354 e. The van der Waals surface area contributed by atoms with E-state index in [9.17, 15) is 14.4 Å². The third-order valence-electron chi connectivity index (χ3n) is 5.14. The second-order valence-corrected chi connectivity index (χ2v) is 7.78. The molecule has 6 nitrogen and oxygen atoms in total. The maximum atomic E-state index is 12.9. The molecule has 1 saturated heterocycles. The molecule has 0 bridgehead atoms. The summed E-state index contributed by atoms with van der Waals surface area (Å²) in [6.45, 7) is 3.27. The Labute approximate surface area is 181 Å². The van der Waals surface area contributed by atoms with Gasteiger partial charge in [-0.2, -0.15) is 0 Å². The third-order valence-corrected chi connectivity index (χ3v) is 5.39. The Morgan fingerprint density at radius 1 is 1.03 bits per heavy atom. The summed E-state index contributed by atoms with van der Waals surface area (Å²) < 4.78 is 0. The summed E-state index contributed by atoms with van der Waals surface area (Å²) in [7, 11) is 0. The second-order valence-electron chi connectivity index (χ2n) is 7.34. The number of carbonyl (C=O) groups excluding carboxylic acids is 3. The van der Waals surface area contributed by atoms with E-state index in [2.05, 4.69) is 17.6 Å². The van der Waals surface area contributed by atoms with Crippen LogP contribution in [-0.4, -0.2) is 41.8 Å². The van der Waals surface area contributed by atoms with E-state index in [1.807, 2.05) is 0 Å². The van der Waals surface area contributed by atoms with Gasteiger partial charge in [-0.15, -0.1) is 0 Å². The zero-order chi connectivity index (χ0) is 21.5. The molecular weight excluding hydrogens is 402 g/mol. The van der Waals surface area contributed by atoms with E-state index in [-0.39, 0.29) is 17.7 Å². The molecule has 3 amide bonds. The first-order valence-corrected chi connectivity index (χ1v) is 10.6. The molecule has 2 N–H and O–H groups in total. The highest BCUT2D eigenvalue weighted by Gasteiger charge is 2.34. The maximum Gasteiger partial charge on any atom is 0.255 e. The number of halogens is 1. The topological polar surface area (TPSA) is 78.5 Å². The lowest BCUT2D eigenvalue weighted by Gasteiger charge is -2.24. The molecule has 1 fully saturated rings. The van der Waals surface area contributed by atoms with Crippen LogP contribution in [0.1, 0.15) is 53.3 Å². The first-order chi connectivity index (χ1) is 14.5. The fourth-order valence-corrected chi connectivity index (χ4v) is 3.58. The van der Waals surface area contributed by atoms with Crippen LogP contribution in [0.15, 0.2) is 48.5 Å². The molecule has 0 aromatic heterocycles. The predicted molar refractivity (Wildman–Crippen MR) is 118 cm³/mol. The lowest BCUT2D eigenvalue weighted by molar-refractivity contribution is -0.124. The number of likely N-dealkylation sites (tertiary alicyclic amines) is 1. The number of anilines is 1. The summed E-state index contributed by atoms with van der Waals surface area (Å²) >= 11 is 5.85. The highest BCUT2D eigenvalue weighted by atomic mass is 35.5. The van der Waals surface area contributed by atoms with Crippen molar-refractivity contribution in [1.82, 2.24) is 10.2 Å². The van der Waals surface area contributed by atoms with Crippen LogP contribution < -0.4 is 10.6 Å². The van der Waals surface area contributed by atoms with Crippen LogP contribution in [0.5, 0.6) is 0 Å². The number of hydrogen-bond donors (Lipinski definition) is 2. The minimum atomic E-state index is -0.418. The first kappa shape index (κ1) is 21.8. The molecule has 2 aromatic carbocycles. The summed E-state index contributed by atoms with van der Waals surface area (Å²) in [5.74, 6) is -0.506. The third kappa shape index (κ3) is 5.39. The van der Waals surface area contributed by atoms with Crippen molar-refractivity contribution in [3.8, 4) is 0 Å². The van der Waals surface area contributed by atoms with Gasteiger partial charge >= 0.3 is 0 Å². The first-order valence-electron chi connectivity index (χ1n) is 10.2. The van der Waals surface area contributed by atoms with E-state index < -0.39 is 6.04 Å². The van der Waals surface area contributed by atoms with E-state index in [4.69, 9.17) is 11.6 Å². The smallest absolute Gasteiger partial charge is 0.255 e. The number of nitrogens with one attached hydrogen (secondary N) is 2. The van der Waals surface area contributed by atoms with Crippen molar-refractivity contribution in [1.29, 1.82) is 0 Å². The number of carbonyl (C=O) groups is 3. The van der Waals surface area contributed by atoms with Crippen LogP contribution in [0, 0.1) is 0 Å². The number of rotatable bonds is 7. The Bertz CT molecular complexity index is 897. The van der Waals surface area contributed by atoms with E-state index in [0.717, 1.165) is 19.3 Å². The second kappa shape index (κ2) is 10.3. The Balaban J connectivity index is 1.62. The van der Waals surface area contributed by atoms with Gasteiger partial charge in [-0.25, -0.2) is 0 Å². The van der Waals surface area contributed by atoms with Crippen LogP contribution in [-0.2, 0) is 4.79 Å². The van der Waals surface area contributed by atoms with Gasteiger partial charge in [0.25, 0.3) is 11.8 Å². The fourth-order valence-electron chi connectivity index (χ4n) is 3.46. The summed E-state index contributed by atoms with van der Waals surface area (Å²) in [5, 5.41) is 6.28. The highest BCUT2D eigenvalue weighted by Crippen LogP contribution is 2.21. The number of hydrogen-bond acceptors (Lipinski definition) is 3. The maximum absolute atomic E-state index is 12.9. The van der Waals surface area contributed by atoms with Crippen molar-refractivity contribution >= 4 is 35.0 Å². The van der Waals surface area contributed by atoms with Gasteiger partial charge in [-0.3, -0.25) is 14.4 Å². The molecule has 0 radical (unpaired) electrons. The average Bonchev–Trinajstić information content (AvgIpc) is 3.24. The van der Waals surface area contributed by atoms with E-state index in [1.54, 1.807) is 53.4 Å². The molecule has 3 rings (SSSR count). The largest absolute Gasteiger partial charge is 0.354 e. The Morgan fingerprint density at radius 3 is 2.37 bits per heavy atom. The van der Waals surface area contributed by atoms with E-state index >= 15 is 0 Å². The highest BCUT2D eigenvalue weighted by molar-refractivity contribution is 6.30. The minimum absolute atomic E-state index is 0.0823. The molecule has 0 aliphatic carbocycles. The number of amides is 3. The molecule has 1 aliphatic heterocycles. The van der Waals surface area contributed by atoms with Crippen LogP contribution >= 0.6 is 11.6 Å². The van der Waals surface area contributed by atoms with Gasteiger partial charge in [0.1, 0.15) is 6.04 Å². The van der Waals surface area contributed by atoms with Gasteiger partial charge in [-0.1, -0.05) is 24.9 Å². The molecular formula is C23H26ClN3O3. The van der Waals surface area contributed by atoms with Gasteiger partial charge in [-0.05, 0) is 67.8 Å². The molecule has 2 aromatic rings. The lowest BCUT2D eigenvalue weighted by atomic mass is 10.1. The Kier molecular flexibility index (Phi) is 7.46. The van der Waals surface area contributed by atoms with Gasteiger partial charge in [0.2, 0.25) is 5.91 Å². The van der Waals surface area contributed by atoms with Crippen molar-refractivity contribution in [2.24, 2.45) is 0 Å². The molecule has 0 spiro atoms. The van der Waals surface area contributed by atoms with Crippen molar-refractivity contribution in [2.75, 3.05) is 18.4 Å². The van der Waals surface area contributed by atoms with Crippen molar-refractivity contribution in [2.45, 2.75) is 38.6 Å². The zero-order valence-corrected chi connectivity index (χ0v) is 17.7. The fraction of sp³-hybridized carbons (Fsp3) is 0.348. The molecule has 1 heterocycles. The van der Waals surface area contributed by atoms with Crippen molar-refractivity contribution in [3.63, 3.8) is 0 Å². The standard InChI is InChI=1S/C23H26ClN3O3/c1-2-3-14-25-22(29)20-5-4-15-27(20)23(30)17-8-12-19(13-9-17)26-21(28)16-6-10-18(24)11-7-16/h6-13,20H,2-5,14-15H2,1H3,(H,25,29)(H,26,28)/t20-/m0/s1. The zero-order valence-electron chi connectivity index (χ0n) is 17.0. The summed E-state index contributed by atoms with van der Waals surface area (Å²) in [6, 6.07) is 12.9. The van der Waals surface area contributed by atoms with Gasteiger partial charge < -0.3 is 15.5 Å². The van der Waals surface area contributed by atoms with E-state index in [0.29, 0.717) is 41.3 Å². The summed E-state index contributed by atoms with van der Waals surface area (Å²) in [4.78, 5) is 39.3. The summed E-state index contributed by atoms with van der Waals surface area (Å²) in [5.41, 5.74) is 1.57. The molecule has 1 atom stereocenters. The van der Waals surface area contributed by atoms with Crippen LogP contribution in [0.25, 0.3) is 0 Å². The van der Waals surface area contributed by atoms with Crippen LogP contribution in [0.3, 0.4) is 0 Å². The molecule has 0 saturated carbocycles. The SMILES string of the molecule is CCCCNC(=O)[C@@H]1CCCN1C(=O)c1ccc(NC(=O)c2ccc(Cl)cc2)cc1. The van der Waals surface area contributed by atoms with Gasteiger partial charge in [0, 0.05) is 34.9 Å². The number of unbranched alkanes of at least 4 members (excludes halogenated alkanes) is 1. The average molecular weight is 428 g/mol. The summed E-state index contributed by atoms with van der Waals surface area (Å²) in [6.07, 6.45) is 3.43. The molecule has 1 aliphatic rings. The predicted octanol–water partition coefficient (Wildman–Crippen LogP) is 4.11. The monoisotopic (exact) mass is 427 g/mol. The molecule has 7 heteroatoms. The van der Waals surface area contributed by atoms with Crippen molar-refractivity contribution in [3.05, 3.63) is 64.7 Å². The number of nitrogens with zero attached hydrogens (tertiary/aromatic N) is 1. The van der Waals surface area contributed by atoms with Gasteiger partial charge in [0.15, 0.2) is 0 Å². The molecule has 0 unspecified atom stereocenters. The Hall–Kier alpha value is -2.86. The molecule has 30 heavy (non-hydrogen) atoms. The van der Waals surface area contributed by atoms with Crippen LogP contribution in [0.4, 0.5) is 5.69 Å². The lowest BCUT2D eigenvalue weighted by Crippen LogP contribution is -2.46.